The number of carbonyl (C=O) groups is 1. The van der Waals surface area contributed by atoms with Gasteiger partial charge in [-0.25, -0.2) is 4.79 Å². The first kappa shape index (κ1) is 13.2. The van der Waals surface area contributed by atoms with Crippen molar-refractivity contribution in [2.75, 3.05) is 6.61 Å². The van der Waals surface area contributed by atoms with Crippen LogP contribution in [0.1, 0.15) is 26.2 Å². The lowest BCUT2D eigenvalue weighted by atomic mass is 9.92. The molecule has 0 radical (unpaired) electrons. The van der Waals surface area contributed by atoms with Crippen molar-refractivity contribution < 1.29 is 24.9 Å². The summed E-state index contributed by atoms with van der Waals surface area (Å²) in [6, 6.07) is 0. The van der Waals surface area contributed by atoms with Crippen LogP contribution in [0.5, 0.6) is 0 Å². The fraction of sp³-hybridized carbons (Fsp3) is 0.727. The van der Waals surface area contributed by atoms with Gasteiger partial charge < -0.3 is 20.1 Å². The summed E-state index contributed by atoms with van der Waals surface area (Å²) in [5.74, 6) is -0.529. The Bertz CT molecular complexity index is 274. The van der Waals surface area contributed by atoms with Gasteiger partial charge in [-0.1, -0.05) is 13.3 Å². The van der Waals surface area contributed by atoms with E-state index >= 15 is 0 Å². The zero-order valence-electron chi connectivity index (χ0n) is 9.30. The van der Waals surface area contributed by atoms with E-state index in [0.717, 1.165) is 12.8 Å². The SMILES string of the molecule is CCCCOC(=O)C1=C[C@@H](O)[C@H](O)[C@H](O)C1. The molecule has 92 valence electrons. The number of rotatable bonds is 4. The van der Waals surface area contributed by atoms with Crippen molar-refractivity contribution in [1.82, 2.24) is 0 Å². The molecule has 0 amide bonds. The van der Waals surface area contributed by atoms with Crippen LogP contribution in [0.15, 0.2) is 11.6 Å². The Morgan fingerprint density at radius 3 is 2.75 bits per heavy atom. The molecule has 0 bridgehead atoms. The predicted octanol–water partition coefficient (Wildman–Crippen LogP) is -0.257. The summed E-state index contributed by atoms with van der Waals surface area (Å²) in [4.78, 5) is 11.5. The van der Waals surface area contributed by atoms with Crippen molar-refractivity contribution in [2.24, 2.45) is 0 Å². The van der Waals surface area contributed by atoms with Gasteiger partial charge in [0, 0.05) is 12.0 Å². The number of aliphatic hydroxyl groups is 3. The summed E-state index contributed by atoms with van der Waals surface area (Å²) in [6.45, 7) is 2.32. The molecule has 0 saturated carbocycles. The fourth-order valence-corrected chi connectivity index (χ4v) is 1.50. The molecule has 5 heteroatoms. The number of unbranched alkanes of at least 4 members (excludes halogenated alkanes) is 1. The normalized spacial score (nSPS) is 29.8. The maximum absolute atomic E-state index is 11.5. The van der Waals surface area contributed by atoms with Gasteiger partial charge in [0.15, 0.2) is 0 Å². The van der Waals surface area contributed by atoms with Gasteiger partial charge >= 0.3 is 5.97 Å². The highest BCUT2D eigenvalue weighted by atomic mass is 16.5. The number of ether oxygens (including phenoxy) is 1. The van der Waals surface area contributed by atoms with E-state index in [1.54, 1.807) is 0 Å². The molecule has 0 aromatic rings. The van der Waals surface area contributed by atoms with Gasteiger partial charge in [-0.05, 0) is 12.5 Å². The Kier molecular flexibility index (Phi) is 4.92. The molecule has 0 fully saturated rings. The molecular weight excluding hydrogens is 212 g/mol. The standard InChI is InChI=1S/C11H18O5/c1-2-3-4-16-11(15)7-5-8(12)10(14)9(13)6-7/h5,8-10,12-14H,2-4,6H2,1H3/t8-,9-,10+/m1/s1. The highest BCUT2D eigenvalue weighted by molar-refractivity contribution is 5.88. The Morgan fingerprint density at radius 2 is 2.19 bits per heavy atom. The minimum absolute atomic E-state index is 0.0170. The van der Waals surface area contributed by atoms with E-state index in [-0.39, 0.29) is 12.0 Å². The molecule has 3 atom stereocenters. The molecule has 0 aromatic heterocycles. The summed E-state index contributed by atoms with van der Waals surface area (Å²) in [6.07, 6.45) is -0.587. The van der Waals surface area contributed by atoms with Crippen LogP contribution in [0, 0.1) is 0 Å². The largest absolute Gasteiger partial charge is 0.462 e. The quantitative estimate of drug-likeness (QED) is 0.457. The van der Waals surface area contributed by atoms with Gasteiger partial charge in [-0.2, -0.15) is 0 Å². The van der Waals surface area contributed by atoms with Crippen LogP contribution in [0.4, 0.5) is 0 Å². The van der Waals surface area contributed by atoms with E-state index in [2.05, 4.69) is 0 Å². The lowest BCUT2D eigenvalue weighted by Gasteiger charge is -2.26. The molecule has 16 heavy (non-hydrogen) atoms. The van der Waals surface area contributed by atoms with Gasteiger partial charge in [0.05, 0.1) is 12.7 Å². The predicted molar refractivity (Wildman–Crippen MR) is 56.6 cm³/mol. The molecule has 0 saturated heterocycles. The summed E-state index contributed by atoms with van der Waals surface area (Å²) in [5.41, 5.74) is 0.224. The van der Waals surface area contributed by atoms with Gasteiger partial charge in [-0.15, -0.1) is 0 Å². The number of esters is 1. The Morgan fingerprint density at radius 1 is 1.50 bits per heavy atom. The highest BCUT2D eigenvalue weighted by Gasteiger charge is 2.31. The molecular formula is C11H18O5. The van der Waals surface area contributed by atoms with E-state index in [0.29, 0.717) is 6.61 Å². The molecule has 0 aliphatic heterocycles. The van der Waals surface area contributed by atoms with Crippen molar-refractivity contribution in [2.45, 2.75) is 44.5 Å². The van der Waals surface area contributed by atoms with Crippen molar-refractivity contribution in [3.63, 3.8) is 0 Å². The molecule has 5 nitrogen and oxygen atoms in total. The first-order valence-corrected chi connectivity index (χ1v) is 5.48. The summed E-state index contributed by atoms with van der Waals surface area (Å²) < 4.78 is 4.94. The van der Waals surface area contributed by atoms with Gasteiger partial charge in [0.1, 0.15) is 12.2 Å². The van der Waals surface area contributed by atoms with Crippen LogP contribution in [0.25, 0.3) is 0 Å². The minimum atomic E-state index is -1.23. The second-order valence-electron chi connectivity index (χ2n) is 3.93. The maximum Gasteiger partial charge on any atom is 0.333 e. The molecule has 1 rings (SSSR count). The smallest absolute Gasteiger partial charge is 0.333 e. The van der Waals surface area contributed by atoms with E-state index in [9.17, 15) is 20.1 Å². The summed E-state index contributed by atoms with van der Waals surface area (Å²) in [5, 5.41) is 28.0. The van der Waals surface area contributed by atoms with Gasteiger partial charge in [0.25, 0.3) is 0 Å². The van der Waals surface area contributed by atoms with E-state index in [4.69, 9.17) is 4.74 Å². The Balaban J connectivity index is 2.53. The lowest BCUT2D eigenvalue weighted by Crippen LogP contribution is -2.41. The first-order chi connectivity index (χ1) is 7.56. The minimum Gasteiger partial charge on any atom is -0.462 e. The Hall–Kier alpha value is -0.910. The second kappa shape index (κ2) is 5.98. The third kappa shape index (κ3) is 3.30. The van der Waals surface area contributed by atoms with Crippen molar-refractivity contribution in [1.29, 1.82) is 0 Å². The average molecular weight is 230 g/mol. The molecule has 0 unspecified atom stereocenters. The van der Waals surface area contributed by atoms with E-state index in [1.165, 1.54) is 6.08 Å². The lowest BCUT2D eigenvalue weighted by molar-refractivity contribution is -0.140. The summed E-state index contributed by atoms with van der Waals surface area (Å²) in [7, 11) is 0. The fourth-order valence-electron chi connectivity index (χ4n) is 1.50. The molecule has 0 spiro atoms. The average Bonchev–Trinajstić information content (AvgIpc) is 2.25. The van der Waals surface area contributed by atoms with Crippen LogP contribution < -0.4 is 0 Å². The Labute approximate surface area is 94.4 Å². The van der Waals surface area contributed by atoms with Crippen LogP contribution in [-0.2, 0) is 9.53 Å². The van der Waals surface area contributed by atoms with Crippen LogP contribution >= 0.6 is 0 Å². The van der Waals surface area contributed by atoms with E-state index in [1.807, 2.05) is 6.92 Å². The third-order valence-corrected chi connectivity index (χ3v) is 2.54. The zero-order chi connectivity index (χ0) is 12.1. The number of hydrogen-bond donors (Lipinski definition) is 3. The second-order valence-corrected chi connectivity index (χ2v) is 3.93. The first-order valence-electron chi connectivity index (χ1n) is 5.48. The van der Waals surface area contributed by atoms with Crippen molar-refractivity contribution in [3.05, 3.63) is 11.6 Å². The van der Waals surface area contributed by atoms with E-state index < -0.39 is 24.3 Å². The topological polar surface area (TPSA) is 87.0 Å². The number of hydrogen-bond acceptors (Lipinski definition) is 5. The zero-order valence-corrected chi connectivity index (χ0v) is 9.30. The van der Waals surface area contributed by atoms with Crippen molar-refractivity contribution in [3.8, 4) is 0 Å². The molecule has 0 heterocycles. The van der Waals surface area contributed by atoms with Crippen LogP contribution in [-0.4, -0.2) is 46.2 Å². The maximum atomic E-state index is 11.5. The molecule has 1 aliphatic carbocycles. The third-order valence-electron chi connectivity index (χ3n) is 2.54. The highest BCUT2D eigenvalue weighted by Crippen LogP contribution is 2.20. The van der Waals surface area contributed by atoms with Gasteiger partial charge in [0.2, 0.25) is 0 Å². The molecule has 0 aromatic carbocycles. The van der Waals surface area contributed by atoms with Crippen LogP contribution in [0.2, 0.25) is 0 Å². The number of carbonyl (C=O) groups excluding carboxylic acids is 1. The van der Waals surface area contributed by atoms with Gasteiger partial charge in [-0.3, -0.25) is 0 Å². The molecule has 1 aliphatic rings. The summed E-state index contributed by atoms with van der Waals surface area (Å²) >= 11 is 0. The van der Waals surface area contributed by atoms with Crippen molar-refractivity contribution >= 4 is 5.97 Å². The number of aliphatic hydroxyl groups excluding tert-OH is 3. The monoisotopic (exact) mass is 230 g/mol. The molecule has 3 N–H and O–H groups in total. The van der Waals surface area contributed by atoms with Crippen LogP contribution in [0.3, 0.4) is 0 Å².